The van der Waals surface area contributed by atoms with Crippen molar-refractivity contribution in [3.8, 4) is 11.1 Å². The molecule has 0 fully saturated rings. The summed E-state index contributed by atoms with van der Waals surface area (Å²) in [6.45, 7) is 9.48. The summed E-state index contributed by atoms with van der Waals surface area (Å²) in [5.74, 6) is 0. The fourth-order valence-electron chi connectivity index (χ4n) is 5.73. The fraction of sp³-hybridized carbons (Fsp3) is 0.333. The molecule has 2 aromatic rings. The molecule has 0 aromatic heterocycles. The van der Waals surface area contributed by atoms with Gasteiger partial charge in [0.15, 0.2) is 0 Å². The van der Waals surface area contributed by atoms with Crippen LogP contribution in [0.5, 0.6) is 0 Å². The zero-order valence-electron chi connectivity index (χ0n) is 16.5. The van der Waals surface area contributed by atoms with Crippen LogP contribution in [-0.2, 0) is 0 Å². The molecule has 0 bridgehead atoms. The molecule has 3 heteroatoms. The first-order chi connectivity index (χ1) is 13.0. The molecule has 0 unspecified atom stereocenters. The first-order valence-electron chi connectivity index (χ1n) is 10.1. The van der Waals surface area contributed by atoms with Crippen LogP contribution in [0.25, 0.3) is 11.1 Å². The van der Waals surface area contributed by atoms with Gasteiger partial charge in [-0.2, -0.15) is 0 Å². The number of hydrogen-bond acceptors (Lipinski definition) is 0. The van der Waals surface area contributed by atoms with Crippen LogP contribution in [0, 0.1) is 0 Å². The van der Waals surface area contributed by atoms with E-state index in [2.05, 4.69) is 96.0 Å². The van der Waals surface area contributed by atoms with Gasteiger partial charge in [0, 0.05) is 0 Å². The number of rotatable bonds is 4. The second-order valence-electron chi connectivity index (χ2n) is 7.46. The summed E-state index contributed by atoms with van der Waals surface area (Å²) in [5, 5.41) is 0. The van der Waals surface area contributed by atoms with Crippen molar-refractivity contribution in [1.29, 1.82) is 0 Å². The summed E-state index contributed by atoms with van der Waals surface area (Å²) >= 11 is 4.78. The Kier molecular flexibility index (Phi) is 5.37. The summed E-state index contributed by atoms with van der Waals surface area (Å²) in [6.07, 6.45) is 4.67. The fourth-order valence-corrected chi connectivity index (χ4v) is 21.1. The average Bonchev–Trinajstić information content (AvgIpc) is 3.11. The molecule has 2 aliphatic heterocycles. The van der Waals surface area contributed by atoms with E-state index in [0.717, 1.165) is 12.8 Å². The van der Waals surface area contributed by atoms with Gasteiger partial charge >= 0.3 is 184 Å². The van der Waals surface area contributed by atoms with E-state index < -0.39 is 13.3 Å². The Morgan fingerprint density at radius 3 is 1.37 bits per heavy atom. The van der Waals surface area contributed by atoms with Gasteiger partial charge < -0.3 is 0 Å². The average molecular weight is 547 g/mol. The predicted molar refractivity (Wildman–Crippen MR) is 128 cm³/mol. The molecule has 0 atom stereocenters. The Balaban J connectivity index is 2.22. The van der Waals surface area contributed by atoms with Crippen molar-refractivity contribution < 1.29 is 0 Å². The molecule has 0 nitrogen and oxygen atoms in total. The molecule has 4 rings (SSSR count). The van der Waals surface area contributed by atoms with E-state index in [1.54, 1.807) is 19.9 Å². The minimum absolute atomic E-state index is 1.16. The summed E-state index contributed by atoms with van der Waals surface area (Å²) in [7, 11) is 0. The van der Waals surface area contributed by atoms with Crippen LogP contribution in [0.4, 0.5) is 0 Å². The van der Waals surface area contributed by atoms with E-state index in [1.165, 1.54) is 32.9 Å². The Morgan fingerprint density at radius 2 is 1.04 bits per heavy atom. The second-order valence-corrected chi connectivity index (χ2v) is 17.2. The van der Waals surface area contributed by atoms with Crippen molar-refractivity contribution in [2.45, 2.75) is 53.4 Å². The van der Waals surface area contributed by atoms with Crippen molar-refractivity contribution in [3.63, 3.8) is 0 Å². The molecule has 0 saturated heterocycles. The molecular weight excluding hydrogens is 521 g/mol. The van der Waals surface area contributed by atoms with Gasteiger partial charge in [0.25, 0.3) is 0 Å². The maximum absolute atomic E-state index is 3.79. The van der Waals surface area contributed by atoms with Crippen molar-refractivity contribution in [3.05, 3.63) is 65.3 Å². The molecule has 2 heterocycles. The van der Waals surface area contributed by atoms with Gasteiger partial charge in [-0.3, -0.25) is 0 Å². The molecule has 0 amide bonds. The van der Waals surface area contributed by atoms with Gasteiger partial charge in [-0.05, 0) is 0 Å². The normalized spacial score (nSPS) is 17.1. The SMILES string of the molecule is CCC1=[C](CC)[Ge]2([C](CC)=C1CC)[c]1cc(Br)ccc1-c1ccc(Br)c[c]12. The van der Waals surface area contributed by atoms with Crippen LogP contribution in [0.1, 0.15) is 53.4 Å². The topological polar surface area (TPSA) is 0 Å². The molecule has 1 spiro atoms. The maximum atomic E-state index is 3.79. The van der Waals surface area contributed by atoms with Gasteiger partial charge in [0.2, 0.25) is 0 Å². The zero-order valence-corrected chi connectivity index (χ0v) is 21.8. The van der Waals surface area contributed by atoms with Crippen LogP contribution < -0.4 is 8.79 Å². The molecule has 0 N–H and O–H groups in total. The number of halogens is 2. The third kappa shape index (κ3) is 2.59. The summed E-state index contributed by atoms with van der Waals surface area (Å²) < 4.78 is 9.35. The van der Waals surface area contributed by atoms with Gasteiger partial charge in [0.05, 0.1) is 0 Å². The first-order valence-corrected chi connectivity index (χ1v) is 15.9. The van der Waals surface area contributed by atoms with E-state index in [4.69, 9.17) is 0 Å². The van der Waals surface area contributed by atoms with Crippen LogP contribution >= 0.6 is 31.9 Å². The Bertz CT molecular complexity index is 916. The standard InChI is InChI=1S/C24H26Br2Ge/c1-5-17-18(6-2)22(8-4)27(21(17)7-3)23-13-15(25)9-11-19(23)20-12-10-16(26)14-24(20)27/h9-14H,5-8H2,1-4H3. The molecule has 0 aliphatic carbocycles. The van der Waals surface area contributed by atoms with Gasteiger partial charge in [-0.1, -0.05) is 0 Å². The molecule has 27 heavy (non-hydrogen) atoms. The first kappa shape index (κ1) is 19.7. The van der Waals surface area contributed by atoms with Crippen LogP contribution in [0.2, 0.25) is 0 Å². The van der Waals surface area contributed by atoms with Gasteiger partial charge in [-0.25, -0.2) is 0 Å². The molecular formula is C24H26Br2Ge. The van der Waals surface area contributed by atoms with Crippen LogP contribution in [0.3, 0.4) is 0 Å². The van der Waals surface area contributed by atoms with Crippen molar-refractivity contribution in [2.75, 3.05) is 0 Å². The number of allylic oxidation sites excluding steroid dienone is 4. The molecule has 0 radical (unpaired) electrons. The summed E-state index contributed by atoms with van der Waals surface area (Å²) in [6, 6.07) is 14.0. The van der Waals surface area contributed by atoms with Crippen molar-refractivity contribution >= 4 is 53.9 Å². The Morgan fingerprint density at radius 1 is 0.630 bits per heavy atom. The number of fused-ring (bicyclic) bond motifs is 5. The van der Waals surface area contributed by atoms with Gasteiger partial charge in [0.1, 0.15) is 0 Å². The molecule has 140 valence electrons. The molecule has 2 aliphatic rings. The Hall–Kier alpha value is -0.577. The molecule has 0 saturated carbocycles. The minimum atomic E-state index is -2.81. The number of hydrogen-bond donors (Lipinski definition) is 0. The van der Waals surface area contributed by atoms with E-state index in [0.29, 0.717) is 0 Å². The monoisotopic (exact) mass is 546 g/mol. The van der Waals surface area contributed by atoms with E-state index in [9.17, 15) is 0 Å². The van der Waals surface area contributed by atoms with E-state index in [1.807, 2.05) is 8.81 Å². The second kappa shape index (κ2) is 7.35. The number of benzene rings is 2. The van der Waals surface area contributed by atoms with Gasteiger partial charge in [-0.15, -0.1) is 0 Å². The van der Waals surface area contributed by atoms with Crippen molar-refractivity contribution in [1.82, 2.24) is 0 Å². The third-order valence-corrected chi connectivity index (χ3v) is 19.1. The third-order valence-electron chi connectivity index (χ3n) is 6.47. The quantitative estimate of drug-likeness (QED) is 0.360. The van der Waals surface area contributed by atoms with Crippen LogP contribution in [-0.4, -0.2) is 13.3 Å². The Labute approximate surface area is 182 Å². The summed E-state index contributed by atoms with van der Waals surface area (Å²) in [5.41, 5.74) is 6.34. The zero-order chi connectivity index (χ0) is 19.3. The summed E-state index contributed by atoms with van der Waals surface area (Å²) in [4.78, 5) is 0. The predicted octanol–water partition coefficient (Wildman–Crippen LogP) is 7.08. The van der Waals surface area contributed by atoms with E-state index in [-0.39, 0.29) is 0 Å². The van der Waals surface area contributed by atoms with E-state index >= 15 is 0 Å². The molecule has 2 aromatic carbocycles. The van der Waals surface area contributed by atoms with Crippen LogP contribution in [0.15, 0.2) is 65.3 Å². The van der Waals surface area contributed by atoms with Crippen molar-refractivity contribution in [2.24, 2.45) is 0 Å².